The van der Waals surface area contributed by atoms with Crippen LogP contribution in [0.15, 0.2) is 24.3 Å². The summed E-state index contributed by atoms with van der Waals surface area (Å²) in [5.41, 5.74) is 10.3. The molecule has 24 heavy (non-hydrogen) atoms. The highest BCUT2D eigenvalue weighted by Gasteiger charge is 2.37. The number of hydrogen-bond donors (Lipinski definition) is 1. The molecule has 1 aromatic carbocycles. The van der Waals surface area contributed by atoms with Gasteiger partial charge in [-0.2, -0.15) is 0 Å². The van der Waals surface area contributed by atoms with Gasteiger partial charge in [0.15, 0.2) is 0 Å². The molecule has 2 N–H and O–H groups in total. The molecule has 1 saturated heterocycles. The number of aromatic nitrogens is 1. The van der Waals surface area contributed by atoms with E-state index in [1.54, 1.807) is 0 Å². The average Bonchev–Trinajstić information content (AvgIpc) is 3.02. The molecule has 126 valence electrons. The normalized spacial score (nSPS) is 22.6. The van der Waals surface area contributed by atoms with Gasteiger partial charge in [0.05, 0.1) is 11.1 Å². The van der Waals surface area contributed by atoms with Crippen molar-refractivity contribution in [2.45, 2.75) is 45.6 Å². The standard InChI is InChI=1S/C20H25N3O/c1-20(2)12-23(11-10-17(20)21)19(24)18-13-6-3-4-8-15(13)22-16-9-5-7-14(16)18/h3-4,6,8,17H,5,7,9-12,21H2,1-2H3. The molecule has 1 amide bonds. The second-order valence-corrected chi connectivity index (χ2v) is 7.89. The smallest absolute Gasteiger partial charge is 0.254 e. The van der Waals surface area contributed by atoms with Crippen LogP contribution in [0.3, 0.4) is 0 Å². The molecule has 0 radical (unpaired) electrons. The fraction of sp³-hybridized carbons (Fsp3) is 0.500. The number of nitrogens with two attached hydrogens (primary N) is 1. The molecular formula is C20H25N3O. The summed E-state index contributed by atoms with van der Waals surface area (Å²) in [4.78, 5) is 20.2. The summed E-state index contributed by atoms with van der Waals surface area (Å²) in [5, 5.41) is 0.996. The number of nitrogens with zero attached hydrogens (tertiary/aromatic N) is 2. The molecule has 4 heteroatoms. The second kappa shape index (κ2) is 5.55. The molecule has 2 heterocycles. The molecule has 0 spiro atoms. The molecule has 1 fully saturated rings. The Kier molecular flexibility index (Phi) is 3.61. The Bertz CT molecular complexity index is 812. The van der Waals surface area contributed by atoms with Gasteiger partial charge >= 0.3 is 0 Å². The van der Waals surface area contributed by atoms with Gasteiger partial charge in [-0.05, 0) is 42.7 Å². The third-order valence-electron chi connectivity index (χ3n) is 5.73. The van der Waals surface area contributed by atoms with Crippen LogP contribution in [0.1, 0.15) is 48.3 Å². The fourth-order valence-corrected chi connectivity index (χ4v) is 4.16. The number of para-hydroxylation sites is 1. The molecule has 0 saturated carbocycles. The van der Waals surface area contributed by atoms with E-state index in [0.29, 0.717) is 0 Å². The van der Waals surface area contributed by atoms with Gasteiger partial charge in [-0.15, -0.1) is 0 Å². The minimum absolute atomic E-state index is 0.0417. The van der Waals surface area contributed by atoms with Crippen LogP contribution in [-0.4, -0.2) is 34.9 Å². The van der Waals surface area contributed by atoms with E-state index in [2.05, 4.69) is 13.8 Å². The van der Waals surface area contributed by atoms with E-state index >= 15 is 0 Å². The van der Waals surface area contributed by atoms with Crippen LogP contribution in [0.25, 0.3) is 10.9 Å². The van der Waals surface area contributed by atoms with Crippen LogP contribution in [0.4, 0.5) is 0 Å². The maximum Gasteiger partial charge on any atom is 0.254 e. The zero-order valence-corrected chi connectivity index (χ0v) is 14.5. The summed E-state index contributed by atoms with van der Waals surface area (Å²) in [7, 11) is 0. The summed E-state index contributed by atoms with van der Waals surface area (Å²) in [6.07, 6.45) is 3.90. The van der Waals surface area contributed by atoms with Crippen molar-refractivity contribution in [1.82, 2.24) is 9.88 Å². The number of hydrogen-bond acceptors (Lipinski definition) is 3. The van der Waals surface area contributed by atoms with Gasteiger partial charge < -0.3 is 10.6 Å². The fourth-order valence-electron chi connectivity index (χ4n) is 4.16. The van der Waals surface area contributed by atoms with Crippen molar-refractivity contribution < 1.29 is 4.79 Å². The van der Waals surface area contributed by atoms with Crippen molar-refractivity contribution in [2.24, 2.45) is 11.1 Å². The molecule has 1 aliphatic heterocycles. The second-order valence-electron chi connectivity index (χ2n) is 7.89. The van der Waals surface area contributed by atoms with Gasteiger partial charge in [0.25, 0.3) is 5.91 Å². The predicted molar refractivity (Wildman–Crippen MR) is 96.0 cm³/mol. The van der Waals surface area contributed by atoms with Gasteiger partial charge in [0.1, 0.15) is 0 Å². The molecule has 2 aromatic rings. The number of likely N-dealkylation sites (tertiary alicyclic amines) is 1. The third kappa shape index (κ3) is 2.40. The van der Waals surface area contributed by atoms with Crippen molar-refractivity contribution in [3.05, 3.63) is 41.1 Å². The Balaban J connectivity index is 1.80. The van der Waals surface area contributed by atoms with Crippen molar-refractivity contribution >= 4 is 16.8 Å². The van der Waals surface area contributed by atoms with Crippen LogP contribution < -0.4 is 5.73 Å². The van der Waals surface area contributed by atoms with E-state index in [4.69, 9.17) is 10.7 Å². The first-order valence-corrected chi connectivity index (χ1v) is 8.93. The predicted octanol–water partition coefficient (Wildman–Crippen LogP) is 2.92. The molecule has 4 rings (SSSR count). The Hall–Kier alpha value is -1.94. The summed E-state index contributed by atoms with van der Waals surface area (Å²) in [6, 6.07) is 8.20. The van der Waals surface area contributed by atoms with Crippen LogP contribution in [0, 0.1) is 5.41 Å². The Morgan fingerprint density at radius 1 is 1.29 bits per heavy atom. The van der Waals surface area contributed by atoms with Gasteiger partial charge in [0, 0.05) is 30.2 Å². The first kappa shape index (κ1) is 15.6. The topological polar surface area (TPSA) is 59.2 Å². The van der Waals surface area contributed by atoms with Crippen molar-refractivity contribution in [1.29, 1.82) is 0 Å². The maximum absolute atomic E-state index is 13.4. The van der Waals surface area contributed by atoms with Crippen LogP contribution in [0.2, 0.25) is 0 Å². The number of aryl methyl sites for hydroxylation is 1. The molecule has 4 nitrogen and oxygen atoms in total. The van der Waals surface area contributed by atoms with Gasteiger partial charge in [-0.1, -0.05) is 32.0 Å². The lowest BCUT2D eigenvalue weighted by Crippen LogP contribution is -2.54. The lowest BCUT2D eigenvalue weighted by Gasteiger charge is -2.42. The number of piperidine rings is 1. The van der Waals surface area contributed by atoms with Gasteiger partial charge in [0.2, 0.25) is 0 Å². The number of pyridine rings is 1. The SMILES string of the molecule is CC1(C)CN(C(=O)c2c3c(nc4ccccc24)CCC3)CCC1N. The lowest BCUT2D eigenvalue weighted by atomic mass is 9.79. The summed E-state index contributed by atoms with van der Waals surface area (Å²) in [6.45, 7) is 5.78. The average molecular weight is 323 g/mol. The quantitative estimate of drug-likeness (QED) is 0.878. The first-order chi connectivity index (χ1) is 11.5. The van der Waals surface area contributed by atoms with E-state index in [-0.39, 0.29) is 17.4 Å². The minimum atomic E-state index is -0.0417. The monoisotopic (exact) mass is 323 g/mol. The van der Waals surface area contributed by atoms with Gasteiger partial charge in [-0.25, -0.2) is 0 Å². The first-order valence-electron chi connectivity index (χ1n) is 8.93. The highest BCUT2D eigenvalue weighted by molar-refractivity contribution is 6.07. The third-order valence-corrected chi connectivity index (χ3v) is 5.73. The molecule has 1 aromatic heterocycles. The number of amides is 1. The van der Waals surface area contributed by atoms with E-state index in [9.17, 15) is 4.79 Å². The molecular weight excluding hydrogens is 298 g/mol. The van der Waals surface area contributed by atoms with E-state index in [1.165, 1.54) is 5.56 Å². The number of rotatable bonds is 1. The maximum atomic E-state index is 13.4. The molecule has 1 atom stereocenters. The highest BCUT2D eigenvalue weighted by atomic mass is 16.2. The van der Waals surface area contributed by atoms with Gasteiger partial charge in [-0.3, -0.25) is 9.78 Å². The zero-order chi connectivity index (χ0) is 16.9. The largest absolute Gasteiger partial charge is 0.338 e. The minimum Gasteiger partial charge on any atom is -0.338 e. The van der Waals surface area contributed by atoms with Crippen molar-refractivity contribution in [3.63, 3.8) is 0 Å². The summed E-state index contributed by atoms with van der Waals surface area (Å²) in [5.74, 6) is 0.159. The molecule has 1 aliphatic carbocycles. The van der Waals surface area contributed by atoms with Crippen LogP contribution in [-0.2, 0) is 12.8 Å². The van der Waals surface area contributed by atoms with Crippen LogP contribution >= 0.6 is 0 Å². The Labute approximate surface area is 143 Å². The highest BCUT2D eigenvalue weighted by Crippen LogP contribution is 2.33. The zero-order valence-electron chi connectivity index (χ0n) is 14.5. The molecule has 1 unspecified atom stereocenters. The van der Waals surface area contributed by atoms with Crippen molar-refractivity contribution in [2.75, 3.05) is 13.1 Å². The Morgan fingerprint density at radius 2 is 2.08 bits per heavy atom. The summed E-state index contributed by atoms with van der Waals surface area (Å²) >= 11 is 0. The van der Waals surface area contributed by atoms with E-state index < -0.39 is 0 Å². The van der Waals surface area contributed by atoms with Crippen LogP contribution in [0.5, 0.6) is 0 Å². The van der Waals surface area contributed by atoms with E-state index in [1.807, 2.05) is 29.2 Å². The summed E-state index contributed by atoms with van der Waals surface area (Å²) < 4.78 is 0. The molecule has 2 aliphatic rings. The van der Waals surface area contributed by atoms with E-state index in [0.717, 1.165) is 60.9 Å². The lowest BCUT2D eigenvalue weighted by molar-refractivity contribution is 0.0534. The number of fused-ring (bicyclic) bond motifs is 2. The number of benzene rings is 1. The number of carbonyl (C=O) groups excluding carboxylic acids is 1. The number of carbonyl (C=O) groups is 1. The Morgan fingerprint density at radius 3 is 2.88 bits per heavy atom. The van der Waals surface area contributed by atoms with Crippen molar-refractivity contribution in [3.8, 4) is 0 Å². The molecule has 0 bridgehead atoms.